The topological polar surface area (TPSA) is 70.2 Å². The smallest absolute Gasteiger partial charge is 0.315 e. The summed E-state index contributed by atoms with van der Waals surface area (Å²) in [5.41, 5.74) is -2.41. The normalized spacial score (nSPS) is 32.7. The van der Waals surface area contributed by atoms with Crippen molar-refractivity contribution >= 4 is 23.5 Å². The fourth-order valence-electron chi connectivity index (χ4n) is 5.80. The van der Waals surface area contributed by atoms with Gasteiger partial charge >= 0.3 is 6.03 Å². The maximum Gasteiger partial charge on any atom is 0.315 e. The second-order valence-corrected chi connectivity index (χ2v) is 9.81. The van der Waals surface area contributed by atoms with Crippen LogP contribution in [-0.2, 0) is 4.79 Å². The molecule has 0 aliphatic heterocycles. The number of amides is 3. The number of carbonyl (C=O) groups excluding carboxylic acids is 2. The van der Waals surface area contributed by atoms with Crippen molar-refractivity contribution in [1.29, 1.82) is 0 Å². The molecule has 170 valence electrons. The number of fused-ring (bicyclic) bond motifs is 2. The van der Waals surface area contributed by atoms with E-state index in [1.165, 1.54) is 6.92 Å². The van der Waals surface area contributed by atoms with Gasteiger partial charge in [-0.1, -0.05) is 11.6 Å². The summed E-state index contributed by atoms with van der Waals surface area (Å²) in [4.78, 5) is 24.1. The van der Waals surface area contributed by atoms with Crippen molar-refractivity contribution in [2.75, 3.05) is 0 Å². The first kappa shape index (κ1) is 22.2. The summed E-state index contributed by atoms with van der Waals surface area (Å²) in [6, 6.07) is 0.432. The molecule has 3 aliphatic rings. The van der Waals surface area contributed by atoms with Gasteiger partial charge in [0, 0.05) is 24.6 Å². The molecule has 0 radical (unpaired) electrons. The van der Waals surface area contributed by atoms with Gasteiger partial charge in [-0.3, -0.25) is 4.79 Å². The minimum Gasteiger partial charge on any atom is -0.354 e. The average molecular weight is 458 g/mol. The molecule has 3 aliphatic carbocycles. The van der Waals surface area contributed by atoms with Gasteiger partial charge in [-0.25, -0.2) is 18.0 Å². The number of nitrogens with one attached hydrogen (secondary N) is 3. The molecule has 3 N–H and O–H groups in total. The summed E-state index contributed by atoms with van der Waals surface area (Å²) in [5, 5.41) is 8.21. The van der Waals surface area contributed by atoms with E-state index in [9.17, 15) is 22.8 Å². The molecule has 2 bridgehead atoms. The zero-order chi connectivity index (χ0) is 22.4. The zero-order valence-corrected chi connectivity index (χ0v) is 18.1. The predicted molar refractivity (Wildman–Crippen MR) is 110 cm³/mol. The molecule has 0 saturated heterocycles. The van der Waals surface area contributed by atoms with E-state index in [0.29, 0.717) is 38.5 Å². The Kier molecular flexibility index (Phi) is 5.87. The van der Waals surface area contributed by atoms with Crippen LogP contribution in [0.15, 0.2) is 12.1 Å². The fraction of sp³-hybridized carbons (Fsp3) is 0.636. The van der Waals surface area contributed by atoms with Crippen LogP contribution in [0.4, 0.5) is 18.0 Å². The van der Waals surface area contributed by atoms with Crippen LogP contribution in [0, 0.1) is 17.0 Å². The first-order valence-corrected chi connectivity index (χ1v) is 11.2. The molecular formula is C22H27ClF3N3O2. The van der Waals surface area contributed by atoms with Crippen molar-refractivity contribution in [2.45, 2.75) is 82.1 Å². The third kappa shape index (κ3) is 4.36. The molecule has 3 amide bonds. The number of hydrogen-bond donors (Lipinski definition) is 3. The van der Waals surface area contributed by atoms with Crippen LogP contribution in [0.5, 0.6) is 0 Å². The maximum absolute atomic E-state index is 14.9. The summed E-state index contributed by atoms with van der Waals surface area (Å²) >= 11 is 5.92. The number of carbonyl (C=O) groups is 2. The van der Waals surface area contributed by atoms with Crippen molar-refractivity contribution in [2.24, 2.45) is 5.41 Å². The van der Waals surface area contributed by atoms with Gasteiger partial charge in [0.05, 0.1) is 11.1 Å². The van der Waals surface area contributed by atoms with Crippen LogP contribution in [0.25, 0.3) is 0 Å². The number of hydrogen-bond acceptors (Lipinski definition) is 2. The lowest BCUT2D eigenvalue weighted by molar-refractivity contribution is -0.119. The molecular weight excluding hydrogens is 431 g/mol. The Morgan fingerprint density at radius 2 is 1.74 bits per heavy atom. The number of urea groups is 1. The number of halogens is 4. The van der Waals surface area contributed by atoms with E-state index < -0.39 is 34.8 Å². The van der Waals surface area contributed by atoms with Gasteiger partial charge in [0.25, 0.3) is 0 Å². The van der Waals surface area contributed by atoms with Gasteiger partial charge < -0.3 is 16.0 Å². The van der Waals surface area contributed by atoms with Gasteiger partial charge in [-0.05, 0) is 68.9 Å². The third-order valence-electron chi connectivity index (χ3n) is 7.24. The summed E-state index contributed by atoms with van der Waals surface area (Å²) in [6.45, 7) is 1.44. The standard InChI is InChI=1S/C22H27ClF3N3O2/c1-12(30)27-13-2-3-14(10-13)28-20(31)29-19(17-16(24)5-4-15(23)18(17)25)21-6-8-22(26,11-21)9-7-21/h4-5,13-14,19H,2-3,6-11H2,1H3,(H,27,30)(H2,28,29,31)/t13-,14-,19-,21?,22?/m1/s1. The quantitative estimate of drug-likeness (QED) is 0.561. The van der Waals surface area contributed by atoms with Crippen LogP contribution >= 0.6 is 11.6 Å². The summed E-state index contributed by atoms with van der Waals surface area (Å²) in [6.07, 6.45) is 3.67. The Bertz CT molecular complexity index is 889. The van der Waals surface area contributed by atoms with Gasteiger partial charge in [-0.15, -0.1) is 0 Å². The van der Waals surface area contributed by atoms with Crippen LogP contribution in [0.3, 0.4) is 0 Å². The van der Waals surface area contributed by atoms with Crippen LogP contribution < -0.4 is 16.0 Å². The molecule has 3 atom stereocenters. The molecule has 9 heteroatoms. The number of alkyl halides is 1. The highest BCUT2D eigenvalue weighted by molar-refractivity contribution is 6.30. The lowest BCUT2D eigenvalue weighted by Crippen LogP contribution is -2.47. The molecule has 1 aromatic carbocycles. The highest BCUT2D eigenvalue weighted by Gasteiger charge is 2.59. The first-order valence-electron chi connectivity index (χ1n) is 10.8. The molecule has 5 nitrogen and oxygen atoms in total. The lowest BCUT2D eigenvalue weighted by atomic mass is 9.74. The highest BCUT2D eigenvalue weighted by atomic mass is 35.5. The van der Waals surface area contributed by atoms with Crippen molar-refractivity contribution in [3.05, 3.63) is 34.4 Å². The third-order valence-corrected chi connectivity index (χ3v) is 7.53. The molecule has 4 rings (SSSR count). The van der Waals surface area contributed by atoms with Crippen LogP contribution in [0.2, 0.25) is 5.02 Å². The van der Waals surface area contributed by atoms with E-state index in [4.69, 9.17) is 11.6 Å². The Hall–Kier alpha value is -1.96. The molecule has 3 saturated carbocycles. The van der Waals surface area contributed by atoms with Crippen LogP contribution in [0.1, 0.15) is 69.9 Å². The molecule has 0 spiro atoms. The Morgan fingerprint density at radius 3 is 2.32 bits per heavy atom. The van der Waals surface area contributed by atoms with E-state index in [0.717, 1.165) is 18.6 Å². The number of rotatable bonds is 5. The summed E-state index contributed by atoms with van der Waals surface area (Å²) < 4.78 is 44.6. The fourth-order valence-corrected chi connectivity index (χ4v) is 5.96. The van der Waals surface area contributed by atoms with Gasteiger partial charge in [0.2, 0.25) is 5.91 Å². The van der Waals surface area contributed by atoms with Crippen molar-refractivity contribution < 1.29 is 22.8 Å². The SMILES string of the molecule is CC(=O)N[C@@H]1CC[C@@H](NC(=O)N[C@H](c2c(F)ccc(Cl)c2F)C23CCC(F)(CC2)C3)C1. The molecule has 0 aromatic heterocycles. The van der Waals surface area contributed by atoms with Gasteiger partial charge in [0.1, 0.15) is 17.3 Å². The molecule has 31 heavy (non-hydrogen) atoms. The Morgan fingerprint density at radius 1 is 1.10 bits per heavy atom. The molecule has 0 heterocycles. The minimum absolute atomic E-state index is 0.0168. The van der Waals surface area contributed by atoms with Gasteiger partial charge in [0.15, 0.2) is 0 Å². The first-order chi connectivity index (χ1) is 14.6. The van der Waals surface area contributed by atoms with Crippen molar-refractivity contribution in [3.8, 4) is 0 Å². The van der Waals surface area contributed by atoms with E-state index in [1.807, 2.05) is 0 Å². The number of benzene rings is 1. The average Bonchev–Trinajstić information content (AvgIpc) is 3.37. The zero-order valence-electron chi connectivity index (χ0n) is 17.4. The van der Waals surface area contributed by atoms with Crippen molar-refractivity contribution in [3.63, 3.8) is 0 Å². The largest absolute Gasteiger partial charge is 0.354 e. The lowest BCUT2D eigenvalue weighted by Gasteiger charge is -2.37. The Balaban J connectivity index is 1.55. The van der Waals surface area contributed by atoms with Crippen LogP contribution in [-0.4, -0.2) is 29.7 Å². The van der Waals surface area contributed by atoms with E-state index in [1.54, 1.807) is 0 Å². The minimum atomic E-state index is -1.35. The predicted octanol–water partition coefficient (Wildman–Crippen LogP) is 4.69. The van der Waals surface area contributed by atoms with E-state index in [-0.39, 0.29) is 35.0 Å². The van der Waals surface area contributed by atoms with E-state index >= 15 is 0 Å². The monoisotopic (exact) mass is 457 g/mol. The second kappa shape index (κ2) is 8.19. The summed E-state index contributed by atoms with van der Waals surface area (Å²) in [5.74, 6) is -1.86. The highest BCUT2D eigenvalue weighted by Crippen LogP contribution is 2.63. The molecule has 3 fully saturated rings. The second-order valence-electron chi connectivity index (χ2n) is 9.41. The van der Waals surface area contributed by atoms with Crippen molar-refractivity contribution in [1.82, 2.24) is 16.0 Å². The summed E-state index contributed by atoms with van der Waals surface area (Å²) in [7, 11) is 0. The maximum atomic E-state index is 14.9. The molecule has 1 aromatic rings. The van der Waals surface area contributed by atoms with E-state index in [2.05, 4.69) is 16.0 Å². The van der Waals surface area contributed by atoms with Gasteiger partial charge in [-0.2, -0.15) is 0 Å². The molecule has 0 unspecified atom stereocenters. The Labute approximate surface area is 184 Å².